The van der Waals surface area contributed by atoms with Crippen molar-refractivity contribution in [3.8, 4) is 0 Å². The van der Waals surface area contributed by atoms with E-state index in [1.54, 1.807) is 6.08 Å². The van der Waals surface area contributed by atoms with Gasteiger partial charge in [0, 0.05) is 12.6 Å². The van der Waals surface area contributed by atoms with Gasteiger partial charge in [0.15, 0.2) is 0 Å². The molecule has 0 saturated carbocycles. The third-order valence-electron chi connectivity index (χ3n) is 3.60. The minimum atomic E-state index is 0.0971. The summed E-state index contributed by atoms with van der Waals surface area (Å²) in [6.45, 7) is 5.69. The van der Waals surface area contributed by atoms with E-state index >= 15 is 0 Å². The molecule has 0 spiro atoms. The first-order valence-electron chi connectivity index (χ1n) is 6.95. The van der Waals surface area contributed by atoms with E-state index in [1.807, 2.05) is 6.07 Å². The van der Waals surface area contributed by atoms with Crippen molar-refractivity contribution < 1.29 is 4.79 Å². The van der Waals surface area contributed by atoms with Crippen LogP contribution in [0.2, 0.25) is 0 Å². The van der Waals surface area contributed by atoms with Crippen LogP contribution < -0.4 is 5.32 Å². The van der Waals surface area contributed by atoms with E-state index in [-0.39, 0.29) is 5.91 Å². The zero-order chi connectivity index (χ0) is 13.5. The van der Waals surface area contributed by atoms with Crippen LogP contribution in [0, 0.1) is 0 Å². The SMILES string of the molecule is C=CCNC(=O)CN1CCCC1Cc1ccccc1. The second-order valence-corrected chi connectivity index (χ2v) is 5.05. The van der Waals surface area contributed by atoms with E-state index in [4.69, 9.17) is 0 Å². The zero-order valence-electron chi connectivity index (χ0n) is 11.3. The Hall–Kier alpha value is -1.61. The van der Waals surface area contributed by atoms with Crippen LogP contribution >= 0.6 is 0 Å². The summed E-state index contributed by atoms with van der Waals surface area (Å²) >= 11 is 0. The Morgan fingerprint density at radius 2 is 2.21 bits per heavy atom. The van der Waals surface area contributed by atoms with Gasteiger partial charge in [-0.25, -0.2) is 0 Å². The Morgan fingerprint density at radius 1 is 1.42 bits per heavy atom. The molecule has 1 aromatic rings. The van der Waals surface area contributed by atoms with Crippen LogP contribution in [-0.4, -0.2) is 36.5 Å². The Morgan fingerprint density at radius 3 is 2.95 bits per heavy atom. The molecule has 0 aliphatic carbocycles. The van der Waals surface area contributed by atoms with Gasteiger partial charge in [0.25, 0.3) is 0 Å². The number of hydrogen-bond acceptors (Lipinski definition) is 2. The molecule has 1 aromatic carbocycles. The van der Waals surface area contributed by atoms with E-state index in [0.717, 1.165) is 13.0 Å². The minimum Gasteiger partial charge on any atom is -0.352 e. The van der Waals surface area contributed by atoms with Gasteiger partial charge in [-0.2, -0.15) is 0 Å². The summed E-state index contributed by atoms with van der Waals surface area (Å²) in [6, 6.07) is 11.0. The number of carbonyl (C=O) groups is 1. The van der Waals surface area contributed by atoms with Crippen LogP contribution in [0.1, 0.15) is 18.4 Å². The quantitative estimate of drug-likeness (QED) is 0.792. The second kappa shape index (κ2) is 7.10. The predicted octanol–water partition coefficient (Wildman–Crippen LogP) is 2.00. The number of nitrogens with one attached hydrogen (secondary N) is 1. The fourth-order valence-corrected chi connectivity index (χ4v) is 2.65. The van der Waals surface area contributed by atoms with E-state index < -0.39 is 0 Å². The average molecular weight is 258 g/mol. The molecule has 102 valence electrons. The molecule has 1 N–H and O–H groups in total. The molecular weight excluding hydrogens is 236 g/mol. The minimum absolute atomic E-state index is 0.0971. The number of likely N-dealkylation sites (tertiary alicyclic amines) is 1. The lowest BCUT2D eigenvalue weighted by Crippen LogP contribution is -2.40. The lowest BCUT2D eigenvalue weighted by atomic mass is 10.0. The van der Waals surface area contributed by atoms with Crippen molar-refractivity contribution >= 4 is 5.91 Å². The Bertz CT molecular complexity index is 416. The number of amides is 1. The summed E-state index contributed by atoms with van der Waals surface area (Å²) in [6.07, 6.45) is 5.12. The lowest BCUT2D eigenvalue weighted by Gasteiger charge is -2.23. The maximum atomic E-state index is 11.8. The number of rotatable bonds is 6. The molecule has 1 unspecified atom stereocenters. The first kappa shape index (κ1) is 13.8. The van der Waals surface area contributed by atoms with Crippen molar-refractivity contribution in [1.82, 2.24) is 10.2 Å². The predicted molar refractivity (Wildman–Crippen MR) is 77.9 cm³/mol. The van der Waals surface area contributed by atoms with Gasteiger partial charge in [-0.3, -0.25) is 9.69 Å². The third kappa shape index (κ3) is 4.21. The zero-order valence-corrected chi connectivity index (χ0v) is 11.3. The summed E-state index contributed by atoms with van der Waals surface area (Å²) in [4.78, 5) is 14.1. The van der Waals surface area contributed by atoms with Gasteiger partial charge < -0.3 is 5.32 Å². The van der Waals surface area contributed by atoms with Crippen molar-refractivity contribution in [2.45, 2.75) is 25.3 Å². The first-order chi connectivity index (χ1) is 9.29. The highest BCUT2D eigenvalue weighted by molar-refractivity contribution is 5.78. The highest BCUT2D eigenvalue weighted by atomic mass is 16.2. The molecule has 1 amide bonds. The second-order valence-electron chi connectivity index (χ2n) is 5.05. The fraction of sp³-hybridized carbons (Fsp3) is 0.438. The van der Waals surface area contributed by atoms with Crippen LogP contribution in [0.25, 0.3) is 0 Å². The molecule has 3 nitrogen and oxygen atoms in total. The molecule has 1 aliphatic heterocycles. The number of carbonyl (C=O) groups excluding carboxylic acids is 1. The van der Waals surface area contributed by atoms with Crippen LogP contribution in [-0.2, 0) is 11.2 Å². The van der Waals surface area contributed by atoms with E-state index in [9.17, 15) is 4.79 Å². The topological polar surface area (TPSA) is 32.3 Å². The molecule has 0 bridgehead atoms. The number of benzene rings is 1. The van der Waals surface area contributed by atoms with Crippen molar-refractivity contribution in [2.24, 2.45) is 0 Å². The van der Waals surface area contributed by atoms with Crippen molar-refractivity contribution in [2.75, 3.05) is 19.6 Å². The average Bonchev–Trinajstić information content (AvgIpc) is 2.85. The lowest BCUT2D eigenvalue weighted by molar-refractivity contribution is -0.122. The molecule has 1 atom stereocenters. The highest BCUT2D eigenvalue weighted by Gasteiger charge is 2.25. The highest BCUT2D eigenvalue weighted by Crippen LogP contribution is 2.20. The van der Waals surface area contributed by atoms with Gasteiger partial charge >= 0.3 is 0 Å². The molecular formula is C16H22N2O. The first-order valence-corrected chi connectivity index (χ1v) is 6.95. The molecule has 1 saturated heterocycles. The monoisotopic (exact) mass is 258 g/mol. The molecule has 1 fully saturated rings. The van der Waals surface area contributed by atoms with E-state index in [2.05, 4.69) is 41.1 Å². The third-order valence-corrected chi connectivity index (χ3v) is 3.60. The maximum absolute atomic E-state index is 11.8. The van der Waals surface area contributed by atoms with Gasteiger partial charge in [0.2, 0.25) is 5.91 Å². The summed E-state index contributed by atoms with van der Waals surface area (Å²) in [5.41, 5.74) is 1.35. The van der Waals surface area contributed by atoms with Crippen LogP contribution in [0.4, 0.5) is 0 Å². The molecule has 3 heteroatoms. The molecule has 1 heterocycles. The van der Waals surface area contributed by atoms with Crippen molar-refractivity contribution in [3.63, 3.8) is 0 Å². The van der Waals surface area contributed by atoms with Crippen molar-refractivity contribution in [1.29, 1.82) is 0 Å². The van der Waals surface area contributed by atoms with Crippen LogP contribution in [0.5, 0.6) is 0 Å². The Labute approximate surface area is 115 Å². The Balaban J connectivity index is 1.86. The van der Waals surface area contributed by atoms with Gasteiger partial charge in [-0.15, -0.1) is 6.58 Å². The van der Waals surface area contributed by atoms with Crippen LogP contribution in [0.15, 0.2) is 43.0 Å². The van der Waals surface area contributed by atoms with Gasteiger partial charge in [-0.1, -0.05) is 36.4 Å². The largest absolute Gasteiger partial charge is 0.352 e. The van der Waals surface area contributed by atoms with Crippen molar-refractivity contribution in [3.05, 3.63) is 48.6 Å². The van der Waals surface area contributed by atoms with E-state index in [1.165, 1.54) is 18.4 Å². The molecule has 0 aromatic heterocycles. The maximum Gasteiger partial charge on any atom is 0.234 e. The summed E-state index contributed by atoms with van der Waals surface area (Å²) in [7, 11) is 0. The molecule has 19 heavy (non-hydrogen) atoms. The molecule has 1 aliphatic rings. The van der Waals surface area contributed by atoms with Gasteiger partial charge in [0.05, 0.1) is 6.54 Å². The molecule has 2 rings (SSSR count). The number of hydrogen-bond donors (Lipinski definition) is 1. The Kier molecular flexibility index (Phi) is 5.16. The van der Waals surface area contributed by atoms with Gasteiger partial charge in [0.1, 0.15) is 0 Å². The molecule has 0 radical (unpaired) electrons. The summed E-state index contributed by atoms with van der Waals surface area (Å²) < 4.78 is 0. The summed E-state index contributed by atoms with van der Waals surface area (Å²) in [5.74, 6) is 0.0971. The fourth-order valence-electron chi connectivity index (χ4n) is 2.65. The smallest absolute Gasteiger partial charge is 0.234 e. The normalized spacial score (nSPS) is 19.3. The van der Waals surface area contributed by atoms with Crippen LogP contribution in [0.3, 0.4) is 0 Å². The van der Waals surface area contributed by atoms with Gasteiger partial charge in [-0.05, 0) is 31.4 Å². The standard InChI is InChI=1S/C16H22N2O/c1-2-10-17-16(19)13-18-11-6-9-15(18)12-14-7-4-3-5-8-14/h2-5,7-8,15H,1,6,9-13H2,(H,17,19). The summed E-state index contributed by atoms with van der Waals surface area (Å²) in [5, 5.41) is 2.84. The van der Waals surface area contributed by atoms with E-state index in [0.29, 0.717) is 19.1 Å². The number of nitrogens with zero attached hydrogens (tertiary/aromatic N) is 1.